The second-order valence-corrected chi connectivity index (χ2v) is 10.1. The van der Waals surface area contributed by atoms with Crippen molar-refractivity contribution in [1.82, 2.24) is 10.2 Å². The Balaban J connectivity index is 1.28. The number of anilines is 1. The summed E-state index contributed by atoms with van der Waals surface area (Å²) in [4.78, 5) is 12.6. The van der Waals surface area contributed by atoms with Gasteiger partial charge in [-0.05, 0) is 67.2 Å². The average Bonchev–Trinajstić information content (AvgIpc) is 3.14. The normalized spacial score (nSPS) is 35.9. The molecule has 0 radical (unpaired) electrons. The maximum Gasteiger partial charge on any atom is 0.226 e. The van der Waals surface area contributed by atoms with Crippen molar-refractivity contribution in [2.24, 2.45) is 17.3 Å². The minimum Gasteiger partial charge on any atom is -0.390 e. The first-order valence-electron chi connectivity index (χ1n) is 8.89. The van der Waals surface area contributed by atoms with Gasteiger partial charge in [0.25, 0.3) is 0 Å². The molecule has 4 aliphatic carbocycles. The number of aliphatic hydroxyl groups is 1. The summed E-state index contributed by atoms with van der Waals surface area (Å²) in [5.41, 5.74) is 0.523. The number of nitrogens with one attached hydrogen (secondary N) is 1. The molecule has 1 amide bonds. The van der Waals surface area contributed by atoms with Crippen LogP contribution in [-0.4, -0.2) is 26.8 Å². The van der Waals surface area contributed by atoms with Gasteiger partial charge in [0.15, 0.2) is 0 Å². The molecule has 2 aromatic rings. The Morgan fingerprint density at radius 1 is 1.28 bits per heavy atom. The molecule has 7 heteroatoms. The van der Waals surface area contributed by atoms with E-state index in [1.165, 1.54) is 17.8 Å². The van der Waals surface area contributed by atoms with Gasteiger partial charge in [0.05, 0.1) is 5.60 Å². The van der Waals surface area contributed by atoms with E-state index in [2.05, 4.69) is 15.5 Å². The molecule has 2 N–H and O–H groups in total. The number of carbonyl (C=O) groups is 1. The van der Waals surface area contributed by atoms with Crippen LogP contribution in [0.15, 0.2) is 16.8 Å². The lowest BCUT2D eigenvalue weighted by molar-refractivity contribution is -0.167. The van der Waals surface area contributed by atoms with Gasteiger partial charge >= 0.3 is 0 Å². The van der Waals surface area contributed by atoms with Gasteiger partial charge < -0.3 is 10.4 Å². The van der Waals surface area contributed by atoms with E-state index in [0.717, 1.165) is 42.7 Å². The molecular weight excluding hydrogens is 354 g/mol. The van der Waals surface area contributed by atoms with Gasteiger partial charge in [0.2, 0.25) is 11.0 Å². The number of aromatic nitrogens is 2. The topological polar surface area (TPSA) is 75.1 Å². The summed E-state index contributed by atoms with van der Waals surface area (Å²) < 4.78 is 0. The van der Waals surface area contributed by atoms with Crippen molar-refractivity contribution in [2.75, 3.05) is 5.32 Å². The van der Waals surface area contributed by atoms with Crippen molar-refractivity contribution in [2.45, 2.75) is 50.5 Å². The van der Waals surface area contributed by atoms with E-state index in [4.69, 9.17) is 0 Å². The van der Waals surface area contributed by atoms with Crippen LogP contribution in [0.25, 0.3) is 10.6 Å². The third-order valence-corrected chi connectivity index (χ3v) is 7.70. The molecule has 5 nitrogen and oxygen atoms in total. The van der Waals surface area contributed by atoms with Crippen LogP contribution < -0.4 is 5.32 Å². The number of hydrogen-bond acceptors (Lipinski definition) is 6. The van der Waals surface area contributed by atoms with E-state index in [1.807, 2.05) is 16.8 Å². The molecular formula is C18H21N3O2S2. The van der Waals surface area contributed by atoms with Crippen molar-refractivity contribution < 1.29 is 9.90 Å². The number of rotatable bonds is 4. The SMILES string of the molecule is O=C(CC12C[C@H]3C[C@@H](CC(O)(C3)C1)C2)Nc1nnc(-c2ccsc2)s1. The van der Waals surface area contributed by atoms with Crippen LogP contribution in [0, 0.1) is 17.3 Å². The molecule has 0 aliphatic heterocycles. The van der Waals surface area contributed by atoms with Gasteiger partial charge in [-0.1, -0.05) is 11.3 Å². The molecule has 4 saturated carbocycles. The first kappa shape index (κ1) is 15.9. The standard InChI is InChI=1S/C18H21N3O2S2/c22-14(19-16-21-20-15(25-16)13-1-2-24-9-13)8-17-4-11-3-12(5-17)7-18(23,6-11)10-17/h1-2,9,11-12,23H,3-8,10H2,(H,19,21,22)/t11-,12-,17?,18?/m1/s1. The maximum absolute atomic E-state index is 12.6. The maximum atomic E-state index is 12.6. The zero-order chi connectivity index (χ0) is 17.1. The summed E-state index contributed by atoms with van der Waals surface area (Å²) in [5.74, 6) is 1.22. The second kappa shape index (κ2) is 5.59. The summed E-state index contributed by atoms with van der Waals surface area (Å²) in [5, 5.41) is 27.5. The van der Waals surface area contributed by atoms with Gasteiger partial charge in [-0.2, -0.15) is 11.3 Å². The molecule has 132 valence electrons. The lowest BCUT2D eigenvalue weighted by Gasteiger charge is -2.60. The summed E-state index contributed by atoms with van der Waals surface area (Å²) in [7, 11) is 0. The Kier molecular flexibility index (Phi) is 3.56. The minimum atomic E-state index is -0.515. The average molecular weight is 376 g/mol. The highest BCUT2D eigenvalue weighted by Gasteiger charge is 2.57. The van der Waals surface area contributed by atoms with Crippen LogP contribution >= 0.6 is 22.7 Å². The Bertz CT molecular complexity index is 787. The minimum absolute atomic E-state index is 0.0101. The van der Waals surface area contributed by atoms with E-state index in [9.17, 15) is 9.90 Å². The number of amides is 1. The Labute approximate surface area is 154 Å². The fourth-order valence-electron chi connectivity index (χ4n) is 5.89. The lowest BCUT2D eigenvalue weighted by Crippen LogP contribution is -2.56. The summed E-state index contributed by atoms with van der Waals surface area (Å²) in [6, 6.07) is 2.01. The quantitative estimate of drug-likeness (QED) is 0.849. The molecule has 4 bridgehead atoms. The first-order valence-corrected chi connectivity index (χ1v) is 10.7. The van der Waals surface area contributed by atoms with Crippen molar-refractivity contribution in [3.63, 3.8) is 0 Å². The van der Waals surface area contributed by atoms with Gasteiger partial charge in [0, 0.05) is 17.4 Å². The van der Waals surface area contributed by atoms with E-state index in [-0.39, 0.29) is 11.3 Å². The van der Waals surface area contributed by atoms with Gasteiger partial charge in [0.1, 0.15) is 5.01 Å². The van der Waals surface area contributed by atoms with E-state index in [1.54, 1.807) is 11.3 Å². The third kappa shape index (κ3) is 2.92. The monoisotopic (exact) mass is 375 g/mol. The molecule has 0 unspecified atom stereocenters. The molecule has 25 heavy (non-hydrogen) atoms. The number of carbonyl (C=O) groups excluding carboxylic acids is 1. The Morgan fingerprint density at radius 2 is 2.08 bits per heavy atom. The first-order chi connectivity index (χ1) is 12.0. The molecule has 0 aromatic carbocycles. The van der Waals surface area contributed by atoms with Crippen molar-refractivity contribution in [3.05, 3.63) is 16.8 Å². The van der Waals surface area contributed by atoms with Crippen LogP contribution in [0.5, 0.6) is 0 Å². The Morgan fingerprint density at radius 3 is 2.76 bits per heavy atom. The highest BCUT2D eigenvalue weighted by molar-refractivity contribution is 7.19. The van der Waals surface area contributed by atoms with Gasteiger partial charge in [-0.15, -0.1) is 10.2 Å². The summed E-state index contributed by atoms with van der Waals surface area (Å²) in [6.45, 7) is 0. The fourth-order valence-corrected chi connectivity index (χ4v) is 7.36. The van der Waals surface area contributed by atoms with E-state index < -0.39 is 5.60 Å². The predicted octanol–water partition coefficient (Wildman–Crippen LogP) is 3.93. The molecule has 6 rings (SSSR count). The van der Waals surface area contributed by atoms with Crippen LogP contribution in [0.3, 0.4) is 0 Å². The molecule has 2 heterocycles. The highest BCUT2D eigenvalue weighted by atomic mass is 32.1. The van der Waals surface area contributed by atoms with E-state index >= 15 is 0 Å². The van der Waals surface area contributed by atoms with E-state index in [0.29, 0.717) is 23.4 Å². The van der Waals surface area contributed by atoms with Crippen molar-refractivity contribution in [1.29, 1.82) is 0 Å². The Hall–Kier alpha value is -1.31. The molecule has 2 aromatic heterocycles. The number of hydrogen-bond donors (Lipinski definition) is 2. The zero-order valence-electron chi connectivity index (χ0n) is 13.9. The lowest BCUT2D eigenvalue weighted by atomic mass is 9.47. The smallest absolute Gasteiger partial charge is 0.226 e. The molecule has 2 atom stereocenters. The van der Waals surface area contributed by atoms with Gasteiger partial charge in [-0.3, -0.25) is 4.79 Å². The largest absolute Gasteiger partial charge is 0.390 e. The third-order valence-electron chi connectivity index (χ3n) is 6.13. The van der Waals surface area contributed by atoms with Crippen LogP contribution in [0.1, 0.15) is 44.9 Å². The van der Waals surface area contributed by atoms with Crippen LogP contribution in [-0.2, 0) is 4.79 Å². The van der Waals surface area contributed by atoms with Crippen LogP contribution in [0.2, 0.25) is 0 Å². The molecule has 4 aliphatic rings. The van der Waals surface area contributed by atoms with Crippen molar-refractivity contribution in [3.8, 4) is 10.6 Å². The highest BCUT2D eigenvalue weighted by Crippen LogP contribution is 2.62. The predicted molar refractivity (Wildman–Crippen MR) is 98.5 cm³/mol. The van der Waals surface area contributed by atoms with Gasteiger partial charge in [-0.25, -0.2) is 0 Å². The zero-order valence-corrected chi connectivity index (χ0v) is 15.5. The van der Waals surface area contributed by atoms with Crippen LogP contribution in [0.4, 0.5) is 5.13 Å². The molecule has 0 spiro atoms. The molecule has 4 fully saturated rings. The summed E-state index contributed by atoms with van der Waals surface area (Å²) >= 11 is 3.04. The summed E-state index contributed by atoms with van der Waals surface area (Å²) in [6.07, 6.45) is 6.59. The second-order valence-electron chi connectivity index (χ2n) is 8.33. The number of thiophene rings is 1. The number of nitrogens with zero attached hydrogens (tertiary/aromatic N) is 2. The van der Waals surface area contributed by atoms with Crippen molar-refractivity contribution >= 4 is 33.7 Å². The molecule has 0 saturated heterocycles. The fraction of sp³-hybridized carbons (Fsp3) is 0.611.